The van der Waals surface area contributed by atoms with E-state index in [4.69, 9.17) is 9.84 Å². The predicted octanol–water partition coefficient (Wildman–Crippen LogP) is -0.0100. The molecule has 0 unspecified atom stereocenters. The summed E-state index contributed by atoms with van der Waals surface area (Å²) in [4.78, 5) is 10.9. The number of nitrogens with zero attached hydrogens (tertiary/aromatic N) is 2. The van der Waals surface area contributed by atoms with Gasteiger partial charge in [-0.25, -0.2) is 23.0 Å². The normalized spacial score (nSPS) is 11.3. The highest BCUT2D eigenvalue weighted by molar-refractivity contribution is 7.89. The number of carboxylic acid groups (broad SMARTS) is 1. The van der Waals surface area contributed by atoms with Gasteiger partial charge in [-0.15, -0.1) is 0 Å². The van der Waals surface area contributed by atoms with Crippen LogP contribution < -0.4 is 9.46 Å². The maximum absolute atomic E-state index is 11.5. The summed E-state index contributed by atoms with van der Waals surface area (Å²) in [5.74, 6) is -1.36. The van der Waals surface area contributed by atoms with E-state index >= 15 is 0 Å². The first kappa shape index (κ1) is 14.9. The molecular formula is C11H12N4O5S. The third-order valence-corrected chi connectivity index (χ3v) is 4.04. The van der Waals surface area contributed by atoms with Crippen molar-refractivity contribution in [3.63, 3.8) is 0 Å². The Morgan fingerprint density at radius 3 is 2.62 bits per heavy atom. The van der Waals surface area contributed by atoms with Gasteiger partial charge in [0.2, 0.25) is 15.7 Å². The summed E-state index contributed by atoms with van der Waals surface area (Å²) in [6.45, 7) is 0.0344. The Kier molecular flexibility index (Phi) is 4.19. The minimum atomic E-state index is -3.49. The van der Waals surface area contributed by atoms with Crippen molar-refractivity contribution < 1.29 is 23.1 Å². The zero-order chi connectivity index (χ0) is 15.5. The third kappa shape index (κ3) is 3.35. The SMILES string of the molecule is CNS(=O)(=O)c1ccc(COc2nn[nH]c2C(=O)O)cc1. The van der Waals surface area contributed by atoms with E-state index in [-0.39, 0.29) is 23.1 Å². The Bertz CT molecular complexity index is 738. The number of hydrogen-bond donors (Lipinski definition) is 3. The van der Waals surface area contributed by atoms with Crippen LogP contribution in [0.5, 0.6) is 5.88 Å². The van der Waals surface area contributed by atoms with E-state index < -0.39 is 16.0 Å². The molecule has 0 aliphatic rings. The molecule has 0 amide bonds. The van der Waals surface area contributed by atoms with Gasteiger partial charge in [0.1, 0.15) is 6.61 Å². The van der Waals surface area contributed by atoms with Crippen LogP contribution in [0.4, 0.5) is 0 Å². The lowest BCUT2D eigenvalue weighted by Gasteiger charge is -2.05. The van der Waals surface area contributed by atoms with Gasteiger partial charge in [-0.05, 0) is 24.7 Å². The minimum absolute atomic E-state index is 0.0344. The Balaban J connectivity index is 2.08. The molecule has 0 fully saturated rings. The van der Waals surface area contributed by atoms with Crippen molar-refractivity contribution in [2.45, 2.75) is 11.5 Å². The number of aromatic carboxylic acids is 1. The second-order valence-corrected chi connectivity index (χ2v) is 5.82. The topological polar surface area (TPSA) is 134 Å². The summed E-state index contributed by atoms with van der Waals surface area (Å²) < 4.78 is 30.5. The molecule has 2 aromatic rings. The van der Waals surface area contributed by atoms with Crippen molar-refractivity contribution >= 4 is 16.0 Å². The Hall–Kier alpha value is -2.46. The molecule has 0 aliphatic heterocycles. The number of carbonyl (C=O) groups is 1. The summed E-state index contributed by atoms with van der Waals surface area (Å²) in [6, 6.07) is 5.96. The van der Waals surface area contributed by atoms with E-state index in [1.54, 1.807) is 12.1 Å². The van der Waals surface area contributed by atoms with E-state index in [0.717, 1.165) is 0 Å². The number of nitrogens with one attached hydrogen (secondary N) is 2. The van der Waals surface area contributed by atoms with Crippen molar-refractivity contribution in [2.24, 2.45) is 0 Å². The summed E-state index contributed by atoms with van der Waals surface area (Å²) >= 11 is 0. The molecule has 0 saturated heterocycles. The van der Waals surface area contributed by atoms with Gasteiger partial charge in [-0.3, -0.25) is 0 Å². The van der Waals surface area contributed by atoms with Gasteiger partial charge in [-0.1, -0.05) is 22.4 Å². The molecule has 0 bridgehead atoms. The minimum Gasteiger partial charge on any atom is -0.476 e. The number of rotatable bonds is 6. The van der Waals surface area contributed by atoms with Crippen LogP contribution >= 0.6 is 0 Å². The molecule has 0 aliphatic carbocycles. The average molecular weight is 312 g/mol. The van der Waals surface area contributed by atoms with Gasteiger partial charge in [0.05, 0.1) is 4.90 Å². The lowest BCUT2D eigenvalue weighted by atomic mass is 10.2. The number of sulfonamides is 1. The Labute approximate surface area is 120 Å². The smallest absolute Gasteiger partial charge is 0.359 e. The van der Waals surface area contributed by atoms with Gasteiger partial charge in [0.25, 0.3) is 5.88 Å². The number of H-pyrrole nitrogens is 1. The molecule has 9 nitrogen and oxygen atoms in total. The average Bonchev–Trinajstić information content (AvgIpc) is 2.94. The highest BCUT2D eigenvalue weighted by Crippen LogP contribution is 2.15. The van der Waals surface area contributed by atoms with Gasteiger partial charge in [0.15, 0.2) is 0 Å². The monoisotopic (exact) mass is 312 g/mol. The molecule has 21 heavy (non-hydrogen) atoms. The van der Waals surface area contributed by atoms with Gasteiger partial charge >= 0.3 is 5.97 Å². The van der Waals surface area contributed by atoms with Crippen LogP contribution in [0.2, 0.25) is 0 Å². The zero-order valence-electron chi connectivity index (χ0n) is 10.9. The van der Waals surface area contributed by atoms with Gasteiger partial charge in [0, 0.05) is 0 Å². The van der Waals surface area contributed by atoms with Crippen LogP contribution in [0.25, 0.3) is 0 Å². The maximum atomic E-state index is 11.5. The molecule has 0 atom stereocenters. The number of benzene rings is 1. The van der Waals surface area contributed by atoms with Crippen LogP contribution in [0, 0.1) is 0 Å². The van der Waals surface area contributed by atoms with E-state index in [9.17, 15) is 13.2 Å². The largest absolute Gasteiger partial charge is 0.476 e. The van der Waals surface area contributed by atoms with E-state index in [2.05, 4.69) is 20.1 Å². The van der Waals surface area contributed by atoms with E-state index in [1.807, 2.05) is 0 Å². The molecule has 0 radical (unpaired) electrons. The van der Waals surface area contributed by atoms with E-state index in [1.165, 1.54) is 19.2 Å². The maximum Gasteiger partial charge on any atom is 0.359 e. The second kappa shape index (κ2) is 5.89. The Morgan fingerprint density at radius 1 is 1.38 bits per heavy atom. The summed E-state index contributed by atoms with van der Waals surface area (Å²) in [5.41, 5.74) is 0.411. The van der Waals surface area contributed by atoms with Crippen LogP contribution in [-0.2, 0) is 16.6 Å². The summed E-state index contributed by atoms with van der Waals surface area (Å²) in [5, 5.41) is 17.9. The highest BCUT2D eigenvalue weighted by Gasteiger charge is 2.16. The van der Waals surface area contributed by atoms with Crippen LogP contribution in [-0.4, -0.2) is 42.0 Å². The molecule has 0 spiro atoms. The number of carboxylic acids is 1. The van der Waals surface area contributed by atoms with Crippen molar-refractivity contribution in [1.82, 2.24) is 20.1 Å². The standard InChI is InChI=1S/C11H12N4O5S/c1-12-21(18,19)8-4-2-7(3-5-8)6-20-10-9(11(16)17)13-15-14-10/h2-5,12H,6H2,1H3,(H,16,17)(H,13,14,15). The highest BCUT2D eigenvalue weighted by atomic mass is 32.2. The molecule has 2 rings (SSSR count). The lowest BCUT2D eigenvalue weighted by molar-refractivity contribution is 0.0685. The molecule has 0 saturated carbocycles. The van der Waals surface area contributed by atoms with Crippen molar-refractivity contribution in [3.05, 3.63) is 35.5 Å². The quantitative estimate of drug-likeness (QED) is 0.682. The fourth-order valence-electron chi connectivity index (χ4n) is 1.49. The first-order valence-corrected chi connectivity index (χ1v) is 7.22. The molecule has 1 aromatic carbocycles. The van der Waals surface area contributed by atoms with Gasteiger partial charge in [-0.2, -0.15) is 0 Å². The van der Waals surface area contributed by atoms with Crippen molar-refractivity contribution in [3.8, 4) is 5.88 Å². The van der Waals surface area contributed by atoms with Crippen molar-refractivity contribution in [2.75, 3.05) is 7.05 Å². The zero-order valence-corrected chi connectivity index (χ0v) is 11.7. The van der Waals surface area contributed by atoms with Gasteiger partial charge < -0.3 is 9.84 Å². The predicted molar refractivity (Wildman–Crippen MR) is 70.4 cm³/mol. The molecule has 1 aromatic heterocycles. The first-order valence-electron chi connectivity index (χ1n) is 5.73. The fraction of sp³-hybridized carbons (Fsp3) is 0.182. The lowest BCUT2D eigenvalue weighted by Crippen LogP contribution is -2.18. The number of hydrogen-bond acceptors (Lipinski definition) is 6. The molecule has 10 heteroatoms. The van der Waals surface area contributed by atoms with Crippen LogP contribution in [0.15, 0.2) is 29.2 Å². The van der Waals surface area contributed by atoms with E-state index in [0.29, 0.717) is 5.56 Å². The summed E-state index contributed by atoms with van der Waals surface area (Å²) in [6.07, 6.45) is 0. The number of aromatic amines is 1. The second-order valence-electron chi connectivity index (χ2n) is 3.94. The Morgan fingerprint density at radius 2 is 2.05 bits per heavy atom. The number of ether oxygens (including phenoxy) is 1. The molecular weight excluding hydrogens is 300 g/mol. The van der Waals surface area contributed by atoms with Crippen LogP contribution in [0.1, 0.15) is 16.1 Å². The molecule has 3 N–H and O–H groups in total. The third-order valence-electron chi connectivity index (χ3n) is 2.61. The molecule has 112 valence electrons. The molecule has 1 heterocycles. The number of aromatic nitrogens is 3. The van der Waals surface area contributed by atoms with Crippen molar-refractivity contribution in [1.29, 1.82) is 0 Å². The first-order chi connectivity index (χ1) is 9.94. The summed E-state index contributed by atoms with van der Waals surface area (Å²) in [7, 11) is -2.16. The van der Waals surface area contributed by atoms with Crippen LogP contribution in [0.3, 0.4) is 0 Å². The fourth-order valence-corrected chi connectivity index (χ4v) is 2.22.